The summed E-state index contributed by atoms with van der Waals surface area (Å²) in [5.74, 6) is 1.47. The lowest BCUT2D eigenvalue weighted by molar-refractivity contribution is -0.118. The van der Waals surface area contributed by atoms with E-state index in [0.29, 0.717) is 49.0 Å². The quantitative estimate of drug-likeness (QED) is 0.672. The van der Waals surface area contributed by atoms with Gasteiger partial charge in [0.2, 0.25) is 5.91 Å². The molecule has 1 unspecified atom stereocenters. The van der Waals surface area contributed by atoms with E-state index in [1.807, 2.05) is 31.2 Å². The van der Waals surface area contributed by atoms with E-state index >= 15 is 0 Å². The molecule has 0 bridgehead atoms. The van der Waals surface area contributed by atoms with Crippen molar-refractivity contribution in [2.24, 2.45) is 0 Å². The molecule has 31 heavy (non-hydrogen) atoms. The third-order valence-electron chi connectivity index (χ3n) is 4.90. The Morgan fingerprint density at radius 3 is 2.58 bits per heavy atom. The lowest BCUT2D eigenvalue weighted by Gasteiger charge is -2.28. The van der Waals surface area contributed by atoms with Crippen molar-refractivity contribution < 1.29 is 28.6 Å². The van der Waals surface area contributed by atoms with E-state index in [1.165, 1.54) is 0 Å². The first-order valence-electron chi connectivity index (χ1n) is 9.95. The van der Waals surface area contributed by atoms with Gasteiger partial charge in [0.05, 0.1) is 24.0 Å². The number of fused-ring (bicyclic) bond motifs is 1. The van der Waals surface area contributed by atoms with Crippen LogP contribution >= 0.6 is 11.8 Å². The van der Waals surface area contributed by atoms with Crippen LogP contribution in [-0.4, -0.2) is 53.7 Å². The number of benzene rings is 2. The zero-order chi connectivity index (χ0) is 21.8. The van der Waals surface area contributed by atoms with Crippen LogP contribution in [0.25, 0.3) is 0 Å². The molecule has 8 nitrogen and oxygen atoms in total. The number of carbonyl (C=O) groups excluding carboxylic acids is 3. The highest BCUT2D eigenvalue weighted by Crippen LogP contribution is 2.29. The molecule has 162 valence electrons. The predicted molar refractivity (Wildman–Crippen MR) is 115 cm³/mol. The topological polar surface area (TPSA) is 94.2 Å². The maximum Gasteiger partial charge on any atom is 0.286 e. The van der Waals surface area contributed by atoms with Crippen molar-refractivity contribution in [3.63, 3.8) is 0 Å². The van der Waals surface area contributed by atoms with E-state index in [9.17, 15) is 14.4 Å². The van der Waals surface area contributed by atoms with Crippen molar-refractivity contribution in [3.8, 4) is 17.2 Å². The number of imide groups is 1. The van der Waals surface area contributed by atoms with E-state index in [-0.39, 0.29) is 23.8 Å². The van der Waals surface area contributed by atoms with Gasteiger partial charge in [-0.05, 0) is 49.2 Å². The highest BCUT2D eigenvalue weighted by atomic mass is 32.2. The molecule has 2 aromatic rings. The van der Waals surface area contributed by atoms with Crippen molar-refractivity contribution >= 4 is 28.8 Å². The summed E-state index contributed by atoms with van der Waals surface area (Å²) in [7, 11) is 0. The number of hydrogen-bond donors (Lipinski definition) is 1. The van der Waals surface area contributed by atoms with Gasteiger partial charge in [-0.3, -0.25) is 19.7 Å². The largest absolute Gasteiger partial charge is 0.494 e. The third kappa shape index (κ3) is 4.93. The molecule has 0 spiro atoms. The molecular weight excluding hydrogens is 420 g/mol. The predicted octanol–water partition coefficient (Wildman–Crippen LogP) is 2.85. The Hall–Kier alpha value is -3.20. The maximum absolute atomic E-state index is 12.8. The van der Waals surface area contributed by atoms with E-state index in [2.05, 4.69) is 5.32 Å². The number of carbonyl (C=O) groups is 3. The molecule has 4 rings (SSSR count). The number of thioether (sulfide) groups is 1. The van der Waals surface area contributed by atoms with E-state index in [4.69, 9.17) is 14.2 Å². The average molecular weight is 442 g/mol. The zero-order valence-electron chi connectivity index (χ0n) is 17.0. The van der Waals surface area contributed by atoms with Crippen LogP contribution < -0.4 is 19.5 Å². The van der Waals surface area contributed by atoms with Gasteiger partial charge in [0.25, 0.3) is 11.1 Å². The maximum atomic E-state index is 12.8. The van der Waals surface area contributed by atoms with E-state index < -0.39 is 5.25 Å². The Bertz CT molecular complexity index is 994. The van der Waals surface area contributed by atoms with Gasteiger partial charge in [-0.15, -0.1) is 0 Å². The number of hydrogen-bond acceptors (Lipinski definition) is 7. The van der Waals surface area contributed by atoms with Crippen molar-refractivity contribution in [1.29, 1.82) is 0 Å². The summed E-state index contributed by atoms with van der Waals surface area (Å²) in [4.78, 5) is 37.3. The highest BCUT2D eigenvalue weighted by Gasteiger charge is 2.31. The normalized spacial score (nSPS) is 17.8. The fraction of sp³-hybridized carbons (Fsp3) is 0.318. The van der Waals surface area contributed by atoms with Gasteiger partial charge in [-0.25, -0.2) is 0 Å². The minimum atomic E-state index is -0.393. The standard InChI is InChI=1S/C22H22N2O6S/c1-2-28-16-7-8-18-17(12-16)21(26)24(13-30-18)9-10-29-15-5-3-14(4-6-15)11-19-20(25)23-22(27)31-19/h3-8,12,19H,2,9-11,13H2,1H3,(H,23,25,27). The third-order valence-corrected chi connectivity index (χ3v) is 5.88. The van der Waals surface area contributed by atoms with Gasteiger partial charge < -0.3 is 19.1 Å². The minimum Gasteiger partial charge on any atom is -0.494 e. The second kappa shape index (κ2) is 9.30. The smallest absolute Gasteiger partial charge is 0.286 e. The van der Waals surface area contributed by atoms with Crippen LogP contribution in [-0.2, 0) is 11.2 Å². The Labute approximate surface area is 183 Å². The van der Waals surface area contributed by atoms with E-state index in [1.54, 1.807) is 23.1 Å². The van der Waals surface area contributed by atoms with Gasteiger partial charge in [0.15, 0.2) is 6.73 Å². The molecular formula is C22H22N2O6S. The molecule has 2 heterocycles. The van der Waals surface area contributed by atoms with E-state index in [0.717, 1.165) is 17.3 Å². The fourth-order valence-electron chi connectivity index (χ4n) is 3.34. The summed E-state index contributed by atoms with van der Waals surface area (Å²) in [5, 5.41) is 1.59. The average Bonchev–Trinajstić information content (AvgIpc) is 3.08. The summed E-state index contributed by atoms with van der Waals surface area (Å²) in [6, 6.07) is 12.6. The number of nitrogens with one attached hydrogen (secondary N) is 1. The number of rotatable bonds is 8. The Kier molecular flexibility index (Phi) is 6.31. The second-order valence-corrected chi connectivity index (χ2v) is 8.19. The summed E-state index contributed by atoms with van der Waals surface area (Å²) in [5.41, 5.74) is 1.42. The zero-order valence-corrected chi connectivity index (χ0v) is 17.8. The minimum absolute atomic E-state index is 0.122. The van der Waals surface area contributed by atoms with Gasteiger partial charge in [-0.1, -0.05) is 23.9 Å². The Morgan fingerprint density at radius 2 is 1.87 bits per heavy atom. The van der Waals surface area contributed by atoms with Crippen LogP contribution in [0.15, 0.2) is 42.5 Å². The first-order valence-corrected chi connectivity index (χ1v) is 10.8. The summed E-state index contributed by atoms with van der Waals surface area (Å²) < 4.78 is 16.9. The lowest BCUT2D eigenvalue weighted by Crippen LogP contribution is -2.41. The number of ether oxygens (including phenoxy) is 3. The van der Waals surface area contributed by atoms with Gasteiger partial charge in [0, 0.05) is 0 Å². The van der Waals surface area contributed by atoms with Crippen LogP contribution in [0.1, 0.15) is 22.8 Å². The molecule has 0 aromatic heterocycles. The highest BCUT2D eigenvalue weighted by molar-refractivity contribution is 8.15. The molecule has 1 fully saturated rings. The van der Waals surface area contributed by atoms with Crippen LogP contribution in [0.3, 0.4) is 0 Å². The van der Waals surface area contributed by atoms with Crippen molar-refractivity contribution in [2.75, 3.05) is 26.5 Å². The second-order valence-electron chi connectivity index (χ2n) is 7.01. The summed E-state index contributed by atoms with van der Waals surface area (Å²) >= 11 is 1.01. The SMILES string of the molecule is CCOc1ccc2c(c1)C(=O)N(CCOc1ccc(CC3SC(=O)NC3=O)cc1)CO2. The molecule has 3 amide bonds. The molecule has 1 saturated heterocycles. The first-order chi connectivity index (χ1) is 15.0. The first kappa shape index (κ1) is 21.0. The lowest BCUT2D eigenvalue weighted by atomic mass is 10.1. The van der Waals surface area contributed by atoms with Crippen LogP contribution in [0.5, 0.6) is 17.2 Å². The summed E-state index contributed by atoms with van der Waals surface area (Å²) in [6.45, 7) is 3.26. The van der Waals surface area contributed by atoms with Gasteiger partial charge in [0.1, 0.15) is 23.9 Å². The molecule has 1 N–H and O–H groups in total. The van der Waals surface area contributed by atoms with Crippen LogP contribution in [0.4, 0.5) is 4.79 Å². The summed E-state index contributed by atoms with van der Waals surface area (Å²) in [6.07, 6.45) is 0.477. The fourth-order valence-corrected chi connectivity index (χ4v) is 4.20. The van der Waals surface area contributed by atoms with Gasteiger partial charge >= 0.3 is 0 Å². The van der Waals surface area contributed by atoms with Crippen molar-refractivity contribution in [3.05, 3.63) is 53.6 Å². The van der Waals surface area contributed by atoms with Crippen molar-refractivity contribution in [1.82, 2.24) is 10.2 Å². The molecule has 2 aromatic carbocycles. The Morgan fingerprint density at radius 1 is 1.10 bits per heavy atom. The molecule has 2 aliphatic rings. The molecule has 0 saturated carbocycles. The molecule has 2 aliphatic heterocycles. The van der Waals surface area contributed by atoms with Crippen LogP contribution in [0.2, 0.25) is 0 Å². The van der Waals surface area contributed by atoms with Crippen molar-refractivity contribution in [2.45, 2.75) is 18.6 Å². The molecule has 1 atom stereocenters. The Balaban J connectivity index is 1.28. The molecule has 9 heteroatoms. The molecule has 0 radical (unpaired) electrons. The van der Waals surface area contributed by atoms with Gasteiger partial charge in [-0.2, -0.15) is 0 Å². The number of amides is 3. The molecule has 0 aliphatic carbocycles. The monoisotopic (exact) mass is 442 g/mol. The van der Waals surface area contributed by atoms with Crippen LogP contribution in [0, 0.1) is 0 Å². The number of nitrogens with zero attached hydrogens (tertiary/aromatic N) is 1.